The molecule has 2 aromatic carbocycles. The minimum atomic E-state index is 0.445. The van der Waals surface area contributed by atoms with Gasteiger partial charge in [0.15, 0.2) is 0 Å². The van der Waals surface area contributed by atoms with Crippen LogP contribution in [-0.4, -0.2) is 0 Å². The SMILES string of the molecule is CC(C)c1ccccc1OCc1cccc(N)c1Br. The molecule has 0 bridgehead atoms. The van der Waals surface area contributed by atoms with Gasteiger partial charge in [0, 0.05) is 15.7 Å². The molecule has 0 saturated carbocycles. The Morgan fingerprint density at radius 2 is 1.84 bits per heavy atom. The van der Waals surface area contributed by atoms with E-state index in [0.717, 1.165) is 21.5 Å². The summed E-state index contributed by atoms with van der Waals surface area (Å²) in [5.74, 6) is 1.38. The van der Waals surface area contributed by atoms with Crippen molar-refractivity contribution in [1.29, 1.82) is 0 Å². The molecule has 0 unspecified atom stereocenters. The maximum atomic E-state index is 5.93. The summed E-state index contributed by atoms with van der Waals surface area (Å²) < 4.78 is 6.85. The Morgan fingerprint density at radius 3 is 2.58 bits per heavy atom. The molecule has 0 aliphatic rings. The van der Waals surface area contributed by atoms with Crippen LogP contribution in [0.1, 0.15) is 30.9 Å². The zero-order valence-electron chi connectivity index (χ0n) is 11.2. The van der Waals surface area contributed by atoms with Crippen LogP contribution < -0.4 is 10.5 Å². The molecule has 0 spiro atoms. The average Bonchev–Trinajstić information content (AvgIpc) is 2.40. The molecule has 0 saturated heterocycles. The molecule has 0 amide bonds. The van der Waals surface area contributed by atoms with E-state index < -0.39 is 0 Å². The second kappa shape index (κ2) is 6.11. The molecule has 0 atom stereocenters. The highest BCUT2D eigenvalue weighted by molar-refractivity contribution is 9.10. The predicted molar refractivity (Wildman–Crippen MR) is 83.4 cm³/mol. The number of halogens is 1. The third-order valence-electron chi connectivity index (χ3n) is 3.03. The fraction of sp³-hybridized carbons (Fsp3) is 0.250. The van der Waals surface area contributed by atoms with Gasteiger partial charge in [0.25, 0.3) is 0 Å². The molecular formula is C16H18BrNO. The molecule has 2 aromatic rings. The highest BCUT2D eigenvalue weighted by Crippen LogP contribution is 2.29. The van der Waals surface area contributed by atoms with E-state index in [1.165, 1.54) is 5.56 Å². The van der Waals surface area contributed by atoms with Gasteiger partial charge in [-0.15, -0.1) is 0 Å². The number of anilines is 1. The summed E-state index contributed by atoms with van der Waals surface area (Å²) in [7, 11) is 0. The predicted octanol–water partition coefficient (Wildman–Crippen LogP) is 4.73. The van der Waals surface area contributed by atoms with Gasteiger partial charge in [0.2, 0.25) is 0 Å². The van der Waals surface area contributed by atoms with Crippen LogP contribution in [0.25, 0.3) is 0 Å². The van der Waals surface area contributed by atoms with Crippen LogP contribution in [0.15, 0.2) is 46.9 Å². The maximum absolute atomic E-state index is 5.93. The molecule has 0 aliphatic carbocycles. The zero-order valence-corrected chi connectivity index (χ0v) is 12.8. The summed E-state index contributed by atoms with van der Waals surface area (Å²) in [5, 5.41) is 0. The van der Waals surface area contributed by atoms with Gasteiger partial charge in [-0.1, -0.05) is 44.2 Å². The number of nitrogens with two attached hydrogens (primary N) is 1. The van der Waals surface area contributed by atoms with Gasteiger partial charge in [-0.3, -0.25) is 0 Å². The van der Waals surface area contributed by atoms with Gasteiger partial charge in [-0.05, 0) is 39.5 Å². The lowest BCUT2D eigenvalue weighted by atomic mass is 10.0. The van der Waals surface area contributed by atoms with E-state index in [4.69, 9.17) is 10.5 Å². The van der Waals surface area contributed by atoms with Crippen molar-refractivity contribution in [3.8, 4) is 5.75 Å². The Balaban J connectivity index is 2.17. The minimum absolute atomic E-state index is 0.445. The van der Waals surface area contributed by atoms with Gasteiger partial charge in [-0.25, -0.2) is 0 Å². The molecule has 2 nitrogen and oxygen atoms in total. The number of hydrogen-bond acceptors (Lipinski definition) is 2. The molecule has 0 aliphatic heterocycles. The van der Waals surface area contributed by atoms with E-state index in [1.807, 2.05) is 36.4 Å². The first-order chi connectivity index (χ1) is 9.09. The summed E-state index contributed by atoms with van der Waals surface area (Å²) in [6.07, 6.45) is 0. The summed E-state index contributed by atoms with van der Waals surface area (Å²) >= 11 is 3.50. The summed E-state index contributed by atoms with van der Waals surface area (Å²) in [6, 6.07) is 14.0. The zero-order chi connectivity index (χ0) is 13.8. The van der Waals surface area contributed by atoms with Crippen LogP contribution in [0.4, 0.5) is 5.69 Å². The highest BCUT2D eigenvalue weighted by Gasteiger charge is 2.08. The van der Waals surface area contributed by atoms with Crippen molar-refractivity contribution in [3.63, 3.8) is 0 Å². The number of benzene rings is 2. The molecule has 19 heavy (non-hydrogen) atoms. The van der Waals surface area contributed by atoms with E-state index in [9.17, 15) is 0 Å². The Labute approximate surface area is 122 Å². The fourth-order valence-electron chi connectivity index (χ4n) is 1.96. The van der Waals surface area contributed by atoms with Crippen LogP contribution in [0.2, 0.25) is 0 Å². The van der Waals surface area contributed by atoms with E-state index >= 15 is 0 Å². The quantitative estimate of drug-likeness (QED) is 0.826. The van der Waals surface area contributed by atoms with E-state index in [0.29, 0.717) is 12.5 Å². The van der Waals surface area contributed by atoms with Crippen molar-refractivity contribution in [1.82, 2.24) is 0 Å². The average molecular weight is 320 g/mol. The van der Waals surface area contributed by atoms with Gasteiger partial charge in [0.05, 0.1) is 0 Å². The monoisotopic (exact) mass is 319 g/mol. The van der Waals surface area contributed by atoms with Crippen molar-refractivity contribution in [3.05, 3.63) is 58.1 Å². The molecule has 100 valence electrons. The van der Waals surface area contributed by atoms with Gasteiger partial charge in [0.1, 0.15) is 12.4 Å². The fourth-order valence-corrected chi connectivity index (χ4v) is 2.33. The molecule has 2 rings (SSSR count). The summed E-state index contributed by atoms with van der Waals surface area (Å²) in [5.41, 5.74) is 8.88. The van der Waals surface area contributed by atoms with Gasteiger partial charge >= 0.3 is 0 Å². The largest absolute Gasteiger partial charge is 0.489 e. The Kier molecular flexibility index (Phi) is 4.48. The van der Waals surface area contributed by atoms with Crippen molar-refractivity contribution < 1.29 is 4.74 Å². The van der Waals surface area contributed by atoms with Crippen molar-refractivity contribution in [2.45, 2.75) is 26.4 Å². The maximum Gasteiger partial charge on any atom is 0.123 e. The summed E-state index contributed by atoms with van der Waals surface area (Å²) in [6.45, 7) is 4.84. The number of para-hydroxylation sites is 1. The Hall–Kier alpha value is -1.48. The summed E-state index contributed by atoms with van der Waals surface area (Å²) in [4.78, 5) is 0. The number of rotatable bonds is 4. The van der Waals surface area contributed by atoms with E-state index in [1.54, 1.807) is 0 Å². The van der Waals surface area contributed by atoms with Crippen LogP contribution in [0.3, 0.4) is 0 Å². The first-order valence-electron chi connectivity index (χ1n) is 6.34. The number of ether oxygens (including phenoxy) is 1. The normalized spacial score (nSPS) is 10.7. The third kappa shape index (κ3) is 3.29. The molecular weight excluding hydrogens is 302 g/mol. The molecule has 0 fully saturated rings. The second-order valence-corrected chi connectivity index (χ2v) is 5.59. The molecule has 2 N–H and O–H groups in total. The second-order valence-electron chi connectivity index (χ2n) is 4.80. The Bertz CT molecular complexity index is 566. The van der Waals surface area contributed by atoms with Crippen molar-refractivity contribution >= 4 is 21.6 Å². The lowest BCUT2D eigenvalue weighted by molar-refractivity contribution is 0.301. The van der Waals surface area contributed by atoms with Crippen LogP contribution in [-0.2, 0) is 6.61 Å². The third-order valence-corrected chi connectivity index (χ3v) is 4.00. The topological polar surface area (TPSA) is 35.2 Å². The van der Waals surface area contributed by atoms with Crippen LogP contribution in [0, 0.1) is 0 Å². The van der Waals surface area contributed by atoms with Gasteiger partial charge in [-0.2, -0.15) is 0 Å². The van der Waals surface area contributed by atoms with E-state index in [2.05, 4.69) is 35.8 Å². The molecule has 0 aromatic heterocycles. The molecule has 0 radical (unpaired) electrons. The van der Waals surface area contributed by atoms with Gasteiger partial charge < -0.3 is 10.5 Å². The van der Waals surface area contributed by atoms with E-state index in [-0.39, 0.29) is 0 Å². The first kappa shape index (κ1) is 13.9. The number of nitrogen functional groups attached to an aromatic ring is 1. The number of hydrogen-bond donors (Lipinski definition) is 1. The van der Waals surface area contributed by atoms with Crippen molar-refractivity contribution in [2.24, 2.45) is 0 Å². The lowest BCUT2D eigenvalue weighted by Gasteiger charge is -2.14. The smallest absolute Gasteiger partial charge is 0.123 e. The lowest BCUT2D eigenvalue weighted by Crippen LogP contribution is -2.01. The van der Waals surface area contributed by atoms with Crippen LogP contribution >= 0.6 is 15.9 Å². The first-order valence-corrected chi connectivity index (χ1v) is 7.13. The Morgan fingerprint density at radius 1 is 1.11 bits per heavy atom. The minimum Gasteiger partial charge on any atom is -0.489 e. The standard InChI is InChI=1S/C16H18BrNO/c1-11(2)13-7-3-4-9-15(13)19-10-12-6-5-8-14(18)16(12)17/h3-9,11H,10,18H2,1-2H3. The highest BCUT2D eigenvalue weighted by atomic mass is 79.9. The molecule has 3 heteroatoms. The van der Waals surface area contributed by atoms with Crippen molar-refractivity contribution in [2.75, 3.05) is 5.73 Å². The molecule has 0 heterocycles. The van der Waals surface area contributed by atoms with Crippen LogP contribution in [0.5, 0.6) is 5.75 Å².